The van der Waals surface area contributed by atoms with Crippen LogP contribution in [0.2, 0.25) is 0 Å². The minimum Gasteiger partial charge on any atom is -0.396 e. The van der Waals surface area contributed by atoms with Crippen LogP contribution in [0.15, 0.2) is 5.38 Å². The lowest BCUT2D eigenvalue weighted by atomic mass is 10.1. The molecular formula is C10H17N3O2S. The number of nitrogens with zero attached hydrogens (tertiary/aromatic N) is 1. The molecule has 1 heterocycles. The number of amides is 1. The monoisotopic (exact) mass is 243 g/mol. The molecule has 5 nitrogen and oxygen atoms in total. The molecule has 16 heavy (non-hydrogen) atoms. The molecule has 90 valence electrons. The number of aliphatic hydroxyl groups is 1. The second kappa shape index (κ2) is 6.57. The van der Waals surface area contributed by atoms with E-state index in [1.807, 2.05) is 6.92 Å². The zero-order chi connectivity index (χ0) is 12.0. The highest BCUT2D eigenvalue weighted by Crippen LogP contribution is 2.08. The SMILES string of the molecule is CC(CCO)CNC(=O)c1csc(CN)n1. The summed E-state index contributed by atoms with van der Waals surface area (Å²) < 4.78 is 0. The first kappa shape index (κ1) is 13.1. The molecule has 0 aliphatic carbocycles. The van der Waals surface area contributed by atoms with E-state index in [0.29, 0.717) is 25.2 Å². The van der Waals surface area contributed by atoms with Gasteiger partial charge in [0, 0.05) is 25.1 Å². The Morgan fingerprint density at radius 2 is 2.50 bits per heavy atom. The third-order valence-corrected chi connectivity index (χ3v) is 3.06. The number of aromatic nitrogens is 1. The van der Waals surface area contributed by atoms with Gasteiger partial charge < -0.3 is 16.2 Å². The number of aliphatic hydroxyl groups excluding tert-OH is 1. The topological polar surface area (TPSA) is 88.2 Å². The lowest BCUT2D eigenvalue weighted by Crippen LogP contribution is -2.28. The average Bonchev–Trinajstić information content (AvgIpc) is 2.75. The van der Waals surface area contributed by atoms with Crippen molar-refractivity contribution in [2.75, 3.05) is 13.2 Å². The molecule has 1 unspecified atom stereocenters. The largest absolute Gasteiger partial charge is 0.396 e. The molecule has 0 aliphatic rings. The van der Waals surface area contributed by atoms with E-state index in [0.717, 1.165) is 5.01 Å². The molecule has 0 saturated heterocycles. The molecule has 1 amide bonds. The van der Waals surface area contributed by atoms with Gasteiger partial charge in [0.25, 0.3) is 5.91 Å². The summed E-state index contributed by atoms with van der Waals surface area (Å²) in [4.78, 5) is 15.7. The Bertz CT molecular complexity index is 341. The molecule has 0 aromatic carbocycles. The lowest BCUT2D eigenvalue weighted by molar-refractivity contribution is 0.0941. The van der Waals surface area contributed by atoms with E-state index < -0.39 is 0 Å². The molecule has 1 aromatic rings. The molecule has 0 spiro atoms. The van der Waals surface area contributed by atoms with Crippen LogP contribution in [0.5, 0.6) is 0 Å². The summed E-state index contributed by atoms with van der Waals surface area (Å²) in [6, 6.07) is 0. The third kappa shape index (κ3) is 3.88. The molecule has 6 heteroatoms. The Morgan fingerprint density at radius 3 is 3.06 bits per heavy atom. The van der Waals surface area contributed by atoms with Gasteiger partial charge in [-0.05, 0) is 12.3 Å². The number of hydrogen-bond donors (Lipinski definition) is 3. The smallest absolute Gasteiger partial charge is 0.270 e. The maximum atomic E-state index is 11.6. The van der Waals surface area contributed by atoms with E-state index in [9.17, 15) is 4.79 Å². The quantitative estimate of drug-likeness (QED) is 0.672. The van der Waals surface area contributed by atoms with Gasteiger partial charge in [0.05, 0.1) is 0 Å². The van der Waals surface area contributed by atoms with Crippen LogP contribution in [0.25, 0.3) is 0 Å². The molecule has 0 radical (unpaired) electrons. The molecule has 0 aliphatic heterocycles. The van der Waals surface area contributed by atoms with Crippen molar-refractivity contribution in [3.8, 4) is 0 Å². The van der Waals surface area contributed by atoms with Crippen LogP contribution in [0, 0.1) is 5.92 Å². The fraction of sp³-hybridized carbons (Fsp3) is 0.600. The Labute approximate surface area is 98.7 Å². The van der Waals surface area contributed by atoms with Crippen LogP contribution in [0.3, 0.4) is 0 Å². The second-order valence-electron chi connectivity index (χ2n) is 3.66. The minimum absolute atomic E-state index is 0.144. The zero-order valence-electron chi connectivity index (χ0n) is 9.27. The maximum absolute atomic E-state index is 11.6. The number of thiazole rings is 1. The van der Waals surface area contributed by atoms with Crippen molar-refractivity contribution in [2.24, 2.45) is 11.7 Å². The van der Waals surface area contributed by atoms with Crippen molar-refractivity contribution in [1.82, 2.24) is 10.3 Å². The third-order valence-electron chi connectivity index (χ3n) is 2.19. The fourth-order valence-electron chi connectivity index (χ4n) is 1.19. The molecule has 0 fully saturated rings. The number of hydrogen-bond acceptors (Lipinski definition) is 5. The van der Waals surface area contributed by atoms with Crippen LogP contribution >= 0.6 is 11.3 Å². The summed E-state index contributed by atoms with van der Waals surface area (Å²) in [5.74, 6) is 0.0855. The van der Waals surface area contributed by atoms with E-state index in [4.69, 9.17) is 10.8 Å². The van der Waals surface area contributed by atoms with Crippen molar-refractivity contribution < 1.29 is 9.90 Å². The predicted molar refractivity (Wildman–Crippen MR) is 63.2 cm³/mol. The van der Waals surface area contributed by atoms with Crippen molar-refractivity contribution in [1.29, 1.82) is 0 Å². The Balaban J connectivity index is 2.40. The fourth-order valence-corrected chi connectivity index (χ4v) is 1.84. The van der Waals surface area contributed by atoms with Crippen molar-refractivity contribution in [3.63, 3.8) is 0 Å². The number of nitrogens with one attached hydrogen (secondary N) is 1. The Kier molecular flexibility index (Phi) is 5.37. The normalized spacial score (nSPS) is 12.4. The van der Waals surface area contributed by atoms with Crippen LogP contribution in [-0.4, -0.2) is 29.1 Å². The van der Waals surface area contributed by atoms with Crippen molar-refractivity contribution in [2.45, 2.75) is 19.9 Å². The summed E-state index contributed by atoms with van der Waals surface area (Å²) in [5, 5.41) is 14.0. The van der Waals surface area contributed by atoms with Gasteiger partial charge in [0.2, 0.25) is 0 Å². The lowest BCUT2D eigenvalue weighted by Gasteiger charge is -2.09. The zero-order valence-corrected chi connectivity index (χ0v) is 10.1. The molecule has 1 aromatic heterocycles. The van der Waals surface area contributed by atoms with Crippen LogP contribution < -0.4 is 11.1 Å². The average molecular weight is 243 g/mol. The molecular weight excluding hydrogens is 226 g/mol. The van der Waals surface area contributed by atoms with Crippen LogP contribution in [-0.2, 0) is 6.54 Å². The number of nitrogens with two attached hydrogens (primary N) is 1. The molecule has 1 atom stereocenters. The molecule has 4 N–H and O–H groups in total. The number of carbonyl (C=O) groups is 1. The standard InChI is InChI=1S/C10H17N3O2S/c1-7(2-3-14)5-12-10(15)8-6-16-9(4-11)13-8/h6-7,14H,2-5,11H2,1H3,(H,12,15). The molecule has 1 rings (SSSR count). The highest BCUT2D eigenvalue weighted by atomic mass is 32.1. The predicted octanol–water partition coefficient (Wildman–Crippen LogP) is 0.350. The van der Waals surface area contributed by atoms with Gasteiger partial charge >= 0.3 is 0 Å². The van der Waals surface area contributed by atoms with Crippen LogP contribution in [0.4, 0.5) is 0 Å². The summed E-state index contributed by atoms with van der Waals surface area (Å²) in [5.41, 5.74) is 5.83. The van der Waals surface area contributed by atoms with E-state index in [1.54, 1.807) is 5.38 Å². The summed E-state index contributed by atoms with van der Waals surface area (Å²) in [6.07, 6.45) is 0.686. The minimum atomic E-state index is -0.180. The summed E-state index contributed by atoms with van der Waals surface area (Å²) in [6.45, 7) is 3.03. The highest BCUT2D eigenvalue weighted by molar-refractivity contribution is 7.09. The highest BCUT2D eigenvalue weighted by Gasteiger charge is 2.10. The molecule has 0 saturated carbocycles. The Morgan fingerprint density at radius 1 is 1.75 bits per heavy atom. The van der Waals surface area contributed by atoms with E-state index in [-0.39, 0.29) is 18.4 Å². The van der Waals surface area contributed by atoms with Gasteiger partial charge in [-0.2, -0.15) is 0 Å². The van der Waals surface area contributed by atoms with Crippen molar-refractivity contribution in [3.05, 3.63) is 16.1 Å². The first-order valence-electron chi connectivity index (χ1n) is 5.21. The van der Waals surface area contributed by atoms with Crippen LogP contribution in [0.1, 0.15) is 28.8 Å². The van der Waals surface area contributed by atoms with Gasteiger partial charge in [-0.15, -0.1) is 11.3 Å². The summed E-state index contributed by atoms with van der Waals surface area (Å²) >= 11 is 1.39. The van der Waals surface area contributed by atoms with E-state index in [2.05, 4.69) is 10.3 Å². The van der Waals surface area contributed by atoms with Crippen molar-refractivity contribution >= 4 is 17.2 Å². The molecule has 0 bridgehead atoms. The maximum Gasteiger partial charge on any atom is 0.270 e. The van der Waals surface area contributed by atoms with Gasteiger partial charge in [0.15, 0.2) is 0 Å². The van der Waals surface area contributed by atoms with Gasteiger partial charge in [-0.3, -0.25) is 4.79 Å². The van der Waals surface area contributed by atoms with E-state index >= 15 is 0 Å². The van der Waals surface area contributed by atoms with Gasteiger partial charge in [-0.25, -0.2) is 4.98 Å². The van der Waals surface area contributed by atoms with E-state index in [1.165, 1.54) is 11.3 Å². The first-order valence-corrected chi connectivity index (χ1v) is 6.08. The Hall–Kier alpha value is -0.980. The number of rotatable bonds is 6. The first-order chi connectivity index (χ1) is 7.67. The van der Waals surface area contributed by atoms with Gasteiger partial charge in [0.1, 0.15) is 10.7 Å². The van der Waals surface area contributed by atoms with Gasteiger partial charge in [-0.1, -0.05) is 6.92 Å². The second-order valence-corrected chi connectivity index (χ2v) is 4.60. The summed E-state index contributed by atoms with van der Waals surface area (Å²) in [7, 11) is 0. The number of carbonyl (C=O) groups excluding carboxylic acids is 1.